The molecule has 2 aromatic rings. The highest BCUT2D eigenvalue weighted by atomic mass is 16.5. The van der Waals surface area contributed by atoms with Crippen molar-refractivity contribution in [2.24, 2.45) is 0 Å². The van der Waals surface area contributed by atoms with E-state index in [1.54, 1.807) is 24.3 Å². The van der Waals surface area contributed by atoms with Crippen molar-refractivity contribution >= 4 is 16.9 Å². The number of benzene rings is 1. The lowest BCUT2D eigenvalue weighted by Gasteiger charge is -2.19. The first kappa shape index (κ1) is 13.8. The summed E-state index contributed by atoms with van der Waals surface area (Å²) in [6, 6.07) is 8.56. The smallest absolute Gasteiger partial charge is 0.349 e. The molecule has 0 bridgehead atoms. The molecule has 0 aliphatic carbocycles. The summed E-state index contributed by atoms with van der Waals surface area (Å²) in [6.07, 6.45) is 1.94. The summed E-state index contributed by atoms with van der Waals surface area (Å²) in [7, 11) is 0. The van der Waals surface area contributed by atoms with Crippen LogP contribution in [0.5, 0.6) is 0 Å². The van der Waals surface area contributed by atoms with Crippen molar-refractivity contribution in [1.82, 2.24) is 5.32 Å². The standard InChI is InChI=1S/C16H17NO4/c1-10(13-7-4-8-20-13)17-15(18)12-9-11-5-2-3-6-14(11)21-16(12)19/h2-3,5-6,9-10,13H,4,7-8H2,1H3,(H,17,18). The summed E-state index contributed by atoms with van der Waals surface area (Å²) in [5, 5.41) is 3.55. The van der Waals surface area contributed by atoms with Crippen LogP contribution in [0.25, 0.3) is 11.0 Å². The Bertz CT molecular complexity index is 716. The number of fused-ring (bicyclic) bond motifs is 1. The summed E-state index contributed by atoms with van der Waals surface area (Å²) in [5.74, 6) is -0.419. The normalized spacial score (nSPS) is 19.6. The molecule has 1 amide bonds. The Morgan fingerprint density at radius 3 is 2.95 bits per heavy atom. The van der Waals surface area contributed by atoms with Gasteiger partial charge in [-0.15, -0.1) is 0 Å². The second-order valence-corrected chi connectivity index (χ2v) is 5.30. The van der Waals surface area contributed by atoms with Gasteiger partial charge in [0.2, 0.25) is 0 Å². The van der Waals surface area contributed by atoms with Crippen LogP contribution in [0, 0.1) is 0 Å². The van der Waals surface area contributed by atoms with E-state index in [1.807, 2.05) is 13.0 Å². The lowest BCUT2D eigenvalue weighted by atomic mass is 10.1. The first-order valence-electron chi connectivity index (χ1n) is 7.10. The minimum atomic E-state index is -0.620. The molecule has 0 spiro atoms. The van der Waals surface area contributed by atoms with Gasteiger partial charge in [0.05, 0.1) is 12.1 Å². The minimum absolute atomic E-state index is 0.0152. The second-order valence-electron chi connectivity index (χ2n) is 5.30. The van der Waals surface area contributed by atoms with E-state index >= 15 is 0 Å². The Balaban J connectivity index is 1.83. The van der Waals surface area contributed by atoms with Crippen molar-refractivity contribution in [3.05, 3.63) is 46.3 Å². The van der Waals surface area contributed by atoms with Crippen LogP contribution in [-0.2, 0) is 4.74 Å². The van der Waals surface area contributed by atoms with Crippen molar-refractivity contribution < 1.29 is 13.9 Å². The van der Waals surface area contributed by atoms with Gasteiger partial charge in [0.15, 0.2) is 0 Å². The molecule has 1 N–H and O–H groups in total. The zero-order chi connectivity index (χ0) is 14.8. The Hall–Kier alpha value is -2.14. The van der Waals surface area contributed by atoms with E-state index in [9.17, 15) is 9.59 Å². The van der Waals surface area contributed by atoms with Gasteiger partial charge in [0, 0.05) is 12.0 Å². The Kier molecular flexibility index (Phi) is 3.75. The van der Waals surface area contributed by atoms with Crippen LogP contribution < -0.4 is 10.9 Å². The van der Waals surface area contributed by atoms with Gasteiger partial charge in [-0.1, -0.05) is 18.2 Å². The number of rotatable bonds is 3. The fraction of sp³-hybridized carbons (Fsp3) is 0.375. The monoisotopic (exact) mass is 287 g/mol. The third-order valence-corrected chi connectivity index (χ3v) is 3.77. The molecular formula is C16H17NO4. The van der Waals surface area contributed by atoms with Crippen molar-refractivity contribution in [3.8, 4) is 0 Å². The molecule has 0 radical (unpaired) electrons. The maximum Gasteiger partial charge on any atom is 0.349 e. The highest BCUT2D eigenvalue weighted by Crippen LogP contribution is 2.16. The predicted octanol–water partition coefficient (Wildman–Crippen LogP) is 2.09. The van der Waals surface area contributed by atoms with E-state index in [0.717, 1.165) is 24.8 Å². The van der Waals surface area contributed by atoms with E-state index in [2.05, 4.69) is 5.32 Å². The molecule has 1 aromatic carbocycles. The maximum absolute atomic E-state index is 12.2. The van der Waals surface area contributed by atoms with Crippen LogP contribution in [0.1, 0.15) is 30.1 Å². The number of nitrogens with one attached hydrogen (secondary N) is 1. The van der Waals surface area contributed by atoms with Gasteiger partial charge in [-0.2, -0.15) is 0 Å². The van der Waals surface area contributed by atoms with Gasteiger partial charge in [-0.3, -0.25) is 4.79 Å². The molecule has 1 aromatic heterocycles. The first-order valence-corrected chi connectivity index (χ1v) is 7.10. The molecule has 21 heavy (non-hydrogen) atoms. The maximum atomic E-state index is 12.2. The van der Waals surface area contributed by atoms with Gasteiger partial charge >= 0.3 is 5.63 Å². The summed E-state index contributed by atoms with van der Waals surface area (Å²) in [4.78, 5) is 24.2. The molecule has 3 rings (SSSR count). The highest BCUT2D eigenvalue weighted by molar-refractivity contribution is 5.96. The quantitative estimate of drug-likeness (QED) is 0.878. The fourth-order valence-electron chi connectivity index (χ4n) is 2.59. The van der Waals surface area contributed by atoms with Gasteiger partial charge in [-0.25, -0.2) is 4.79 Å². The number of para-hydroxylation sites is 1. The van der Waals surface area contributed by atoms with Gasteiger partial charge in [0.25, 0.3) is 5.91 Å². The summed E-state index contributed by atoms with van der Waals surface area (Å²) < 4.78 is 10.7. The molecule has 5 nitrogen and oxygen atoms in total. The Labute approximate surface area is 121 Å². The average Bonchev–Trinajstić information content (AvgIpc) is 3.00. The number of carbonyl (C=O) groups excluding carboxylic acids is 1. The number of hydrogen-bond acceptors (Lipinski definition) is 4. The van der Waals surface area contributed by atoms with Gasteiger partial charge in [-0.05, 0) is 31.9 Å². The predicted molar refractivity (Wildman–Crippen MR) is 78.4 cm³/mol. The molecule has 110 valence electrons. The Morgan fingerprint density at radius 1 is 1.38 bits per heavy atom. The third-order valence-electron chi connectivity index (χ3n) is 3.77. The van der Waals surface area contributed by atoms with Gasteiger partial charge in [0.1, 0.15) is 11.1 Å². The van der Waals surface area contributed by atoms with Crippen LogP contribution in [0.4, 0.5) is 0 Å². The van der Waals surface area contributed by atoms with Crippen LogP contribution in [-0.4, -0.2) is 24.7 Å². The molecular weight excluding hydrogens is 270 g/mol. The van der Waals surface area contributed by atoms with E-state index < -0.39 is 11.5 Å². The average molecular weight is 287 g/mol. The number of amides is 1. The molecule has 2 unspecified atom stereocenters. The zero-order valence-corrected chi connectivity index (χ0v) is 11.8. The van der Waals surface area contributed by atoms with Crippen molar-refractivity contribution in [3.63, 3.8) is 0 Å². The Morgan fingerprint density at radius 2 is 2.19 bits per heavy atom. The largest absolute Gasteiger partial charge is 0.422 e. The van der Waals surface area contributed by atoms with E-state index in [4.69, 9.17) is 9.15 Å². The van der Waals surface area contributed by atoms with E-state index in [1.165, 1.54) is 0 Å². The van der Waals surface area contributed by atoms with Crippen molar-refractivity contribution in [2.45, 2.75) is 31.9 Å². The number of ether oxygens (including phenoxy) is 1. The van der Waals surface area contributed by atoms with Crippen LogP contribution in [0.3, 0.4) is 0 Å². The van der Waals surface area contributed by atoms with Gasteiger partial charge < -0.3 is 14.5 Å². The summed E-state index contributed by atoms with van der Waals surface area (Å²) in [6.45, 7) is 2.61. The molecule has 0 saturated carbocycles. The van der Waals surface area contributed by atoms with E-state index in [0.29, 0.717) is 5.58 Å². The van der Waals surface area contributed by atoms with Crippen LogP contribution in [0.15, 0.2) is 39.5 Å². The molecule has 1 saturated heterocycles. The first-order chi connectivity index (χ1) is 10.1. The fourth-order valence-corrected chi connectivity index (χ4v) is 2.59. The molecule has 2 heterocycles. The molecule has 2 atom stereocenters. The molecule has 1 aliphatic heterocycles. The number of hydrogen-bond donors (Lipinski definition) is 1. The topological polar surface area (TPSA) is 68.5 Å². The lowest BCUT2D eigenvalue weighted by molar-refractivity contribution is 0.0710. The third kappa shape index (κ3) is 2.83. The molecule has 1 fully saturated rings. The lowest BCUT2D eigenvalue weighted by Crippen LogP contribution is -2.42. The summed E-state index contributed by atoms with van der Waals surface area (Å²) in [5.41, 5.74) is -0.115. The van der Waals surface area contributed by atoms with Crippen molar-refractivity contribution in [2.75, 3.05) is 6.61 Å². The molecule has 1 aliphatic rings. The summed E-state index contributed by atoms with van der Waals surface area (Å²) >= 11 is 0. The van der Waals surface area contributed by atoms with Crippen molar-refractivity contribution in [1.29, 1.82) is 0 Å². The van der Waals surface area contributed by atoms with Crippen LogP contribution >= 0.6 is 0 Å². The van der Waals surface area contributed by atoms with E-state index in [-0.39, 0.29) is 17.7 Å². The highest BCUT2D eigenvalue weighted by Gasteiger charge is 2.25. The molecule has 5 heteroatoms. The minimum Gasteiger partial charge on any atom is -0.422 e. The number of carbonyl (C=O) groups is 1. The van der Waals surface area contributed by atoms with Crippen LogP contribution in [0.2, 0.25) is 0 Å². The second kappa shape index (κ2) is 5.69. The SMILES string of the molecule is CC(NC(=O)c1cc2ccccc2oc1=O)C1CCCO1. The zero-order valence-electron chi connectivity index (χ0n) is 11.8.